The monoisotopic (exact) mass is 382 g/mol. The second kappa shape index (κ2) is 6.79. The molecule has 3 fully saturated rings. The van der Waals surface area contributed by atoms with Gasteiger partial charge in [0.15, 0.2) is 5.76 Å². The third-order valence-electron chi connectivity index (χ3n) is 6.38. The number of hydrogen-bond donors (Lipinski definition) is 0. The zero-order valence-corrected chi connectivity index (χ0v) is 16.0. The highest BCUT2D eigenvalue weighted by Gasteiger charge is 2.46. The Balaban J connectivity index is 1.28. The lowest BCUT2D eigenvalue weighted by Gasteiger charge is -2.48. The topological polar surface area (TPSA) is 71.6 Å². The van der Waals surface area contributed by atoms with Gasteiger partial charge in [-0.15, -0.1) is 0 Å². The van der Waals surface area contributed by atoms with Crippen LogP contribution in [0, 0.1) is 5.41 Å². The fraction of sp³-hybridized carbons (Fsp3) is 0.571. The fourth-order valence-electron chi connectivity index (χ4n) is 4.76. The standard InChI is InChI=1S/C21H26N4O3/c26-19-7-9-21(15-25(19)16-3-4-16)8-1-11-23(14-21)20(27)18-6-5-17(28-18)13-24-12-2-10-22-24/h2,5-6,10,12,16H,1,3-4,7-9,11,13-15H2. The molecule has 148 valence electrons. The third kappa shape index (κ3) is 3.34. The van der Waals surface area contributed by atoms with Crippen LogP contribution in [-0.2, 0) is 11.3 Å². The Morgan fingerprint density at radius 2 is 2.14 bits per heavy atom. The summed E-state index contributed by atoms with van der Waals surface area (Å²) in [5.74, 6) is 1.37. The summed E-state index contributed by atoms with van der Waals surface area (Å²) in [6.45, 7) is 2.80. The lowest BCUT2D eigenvalue weighted by atomic mass is 9.73. The molecule has 1 atom stereocenters. The molecule has 1 aliphatic carbocycles. The van der Waals surface area contributed by atoms with Crippen LogP contribution in [0.1, 0.15) is 54.8 Å². The van der Waals surface area contributed by atoms with Crippen molar-refractivity contribution in [3.63, 3.8) is 0 Å². The Bertz CT molecular complexity index is 870. The summed E-state index contributed by atoms with van der Waals surface area (Å²) in [5.41, 5.74) is 0.0505. The smallest absolute Gasteiger partial charge is 0.289 e. The number of hydrogen-bond acceptors (Lipinski definition) is 4. The molecule has 3 aliphatic rings. The maximum Gasteiger partial charge on any atom is 0.289 e. The van der Waals surface area contributed by atoms with E-state index in [2.05, 4.69) is 10.00 Å². The van der Waals surface area contributed by atoms with E-state index in [4.69, 9.17) is 4.42 Å². The molecule has 1 unspecified atom stereocenters. The number of furan rings is 1. The van der Waals surface area contributed by atoms with Crippen LogP contribution >= 0.6 is 0 Å². The number of rotatable bonds is 4. The quantitative estimate of drug-likeness (QED) is 0.815. The molecule has 2 aromatic rings. The van der Waals surface area contributed by atoms with Gasteiger partial charge in [0.1, 0.15) is 5.76 Å². The van der Waals surface area contributed by atoms with Crippen molar-refractivity contribution in [2.75, 3.05) is 19.6 Å². The van der Waals surface area contributed by atoms with Crippen molar-refractivity contribution >= 4 is 11.8 Å². The molecule has 2 amide bonds. The first-order chi connectivity index (χ1) is 13.6. The number of carbonyl (C=O) groups is 2. The second-order valence-corrected chi connectivity index (χ2v) is 8.55. The van der Waals surface area contributed by atoms with Gasteiger partial charge < -0.3 is 14.2 Å². The molecule has 7 heteroatoms. The summed E-state index contributed by atoms with van der Waals surface area (Å²) in [5, 5.41) is 4.17. The molecular formula is C21H26N4O3. The minimum Gasteiger partial charge on any atom is -0.454 e. The number of piperidine rings is 2. The normalized spacial score (nSPS) is 25.5. The Hall–Kier alpha value is -2.57. The number of nitrogens with zero attached hydrogens (tertiary/aromatic N) is 4. The minimum atomic E-state index is -0.0411. The average molecular weight is 382 g/mol. The van der Waals surface area contributed by atoms with Gasteiger partial charge in [0.25, 0.3) is 5.91 Å². The van der Waals surface area contributed by atoms with Gasteiger partial charge in [-0.25, -0.2) is 0 Å². The van der Waals surface area contributed by atoms with Crippen LogP contribution in [0.15, 0.2) is 35.0 Å². The highest BCUT2D eigenvalue weighted by Crippen LogP contribution is 2.42. The van der Waals surface area contributed by atoms with E-state index in [1.54, 1.807) is 16.9 Å². The number of aromatic nitrogens is 2. The van der Waals surface area contributed by atoms with Crippen molar-refractivity contribution in [2.45, 2.75) is 51.1 Å². The molecule has 0 aromatic carbocycles. The van der Waals surface area contributed by atoms with Crippen molar-refractivity contribution in [1.29, 1.82) is 0 Å². The summed E-state index contributed by atoms with van der Waals surface area (Å²) in [6, 6.07) is 5.93. The zero-order valence-electron chi connectivity index (χ0n) is 16.0. The van der Waals surface area contributed by atoms with E-state index in [1.807, 2.05) is 23.2 Å². The molecule has 2 aromatic heterocycles. The van der Waals surface area contributed by atoms with Crippen molar-refractivity contribution in [1.82, 2.24) is 19.6 Å². The van der Waals surface area contributed by atoms with Crippen LogP contribution in [0.2, 0.25) is 0 Å². The van der Waals surface area contributed by atoms with Gasteiger partial charge in [-0.1, -0.05) is 0 Å². The Morgan fingerprint density at radius 1 is 1.25 bits per heavy atom. The van der Waals surface area contributed by atoms with Gasteiger partial charge in [-0.3, -0.25) is 14.3 Å². The lowest BCUT2D eigenvalue weighted by molar-refractivity contribution is -0.139. The van der Waals surface area contributed by atoms with Gasteiger partial charge in [-0.2, -0.15) is 5.10 Å². The van der Waals surface area contributed by atoms with Crippen molar-refractivity contribution in [2.24, 2.45) is 5.41 Å². The van der Waals surface area contributed by atoms with Crippen molar-refractivity contribution < 1.29 is 14.0 Å². The van der Waals surface area contributed by atoms with Crippen LogP contribution in [0.5, 0.6) is 0 Å². The average Bonchev–Trinajstić information content (AvgIpc) is 3.22. The van der Waals surface area contributed by atoms with Crippen LogP contribution in [0.4, 0.5) is 0 Å². The summed E-state index contributed by atoms with van der Waals surface area (Å²) in [6.07, 6.45) is 9.45. The van der Waals surface area contributed by atoms with Gasteiger partial charge in [0.2, 0.25) is 5.91 Å². The predicted molar refractivity (Wildman–Crippen MR) is 102 cm³/mol. The number of amides is 2. The molecule has 0 bridgehead atoms. The van der Waals surface area contributed by atoms with Crippen LogP contribution < -0.4 is 0 Å². The second-order valence-electron chi connectivity index (χ2n) is 8.55. The van der Waals surface area contributed by atoms with E-state index in [9.17, 15) is 9.59 Å². The zero-order chi connectivity index (χ0) is 19.1. The molecule has 0 radical (unpaired) electrons. The molecule has 5 rings (SSSR count). The first-order valence-corrected chi connectivity index (χ1v) is 10.3. The Morgan fingerprint density at radius 3 is 2.93 bits per heavy atom. The molecule has 28 heavy (non-hydrogen) atoms. The van der Waals surface area contributed by atoms with Gasteiger partial charge >= 0.3 is 0 Å². The van der Waals surface area contributed by atoms with Crippen molar-refractivity contribution in [3.05, 3.63) is 42.1 Å². The molecule has 4 heterocycles. The van der Waals surface area contributed by atoms with Crippen LogP contribution in [-0.4, -0.2) is 57.1 Å². The minimum absolute atomic E-state index is 0.0411. The van der Waals surface area contributed by atoms with E-state index in [0.717, 1.165) is 57.5 Å². The molecule has 1 saturated carbocycles. The maximum absolute atomic E-state index is 13.1. The lowest BCUT2D eigenvalue weighted by Crippen LogP contribution is -2.55. The van der Waals surface area contributed by atoms with Crippen LogP contribution in [0.25, 0.3) is 0 Å². The van der Waals surface area contributed by atoms with Gasteiger partial charge in [0.05, 0.1) is 6.54 Å². The summed E-state index contributed by atoms with van der Waals surface area (Å²) < 4.78 is 7.59. The highest BCUT2D eigenvalue weighted by molar-refractivity contribution is 5.91. The molecule has 2 saturated heterocycles. The molecule has 1 spiro atoms. The first kappa shape index (κ1) is 17.5. The molecule has 7 nitrogen and oxygen atoms in total. The van der Waals surface area contributed by atoms with E-state index >= 15 is 0 Å². The fourth-order valence-corrected chi connectivity index (χ4v) is 4.76. The molecule has 0 N–H and O–H groups in total. The summed E-state index contributed by atoms with van der Waals surface area (Å²) >= 11 is 0. The SMILES string of the molecule is O=C(c1ccc(Cn2cccn2)o1)N1CCCC2(CCC(=O)N(C3CC3)C2)C1. The summed E-state index contributed by atoms with van der Waals surface area (Å²) in [4.78, 5) is 29.4. The first-order valence-electron chi connectivity index (χ1n) is 10.3. The van der Waals surface area contributed by atoms with Crippen molar-refractivity contribution in [3.8, 4) is 0 Å². The van der Waals surface area contributed by atoms with E-state index in [0.29, 0.717) is 30.7 Å². The third-order valence-corrected chi connectivity index (χ3v) is 6.38. The van der Waals surface area contributed by atoms with Gasteiger partial charge in [-0.05, 0) is 50.3 Å². The Kier molecular flexibility index (Phi) is 4.25. The number of likely N-dealkylation sites (tertiary alicyclic amines) is 2. The predicted octanol–water partition coefficient (Wildman–Crippen LogP) is 2.53. The maximum atomic E-state index is 13.1. The molecular weight excluding hydrogens is 356 g/mol. The van der Waals surface area contributed by atoms with E-state index in [1.165, 1.54) is 0 Å². The van der Waals surface area contributed by atoms with E-state index < -0.39 is 0 Å². The largest absolute Gasteiger partial charge is 0.454 e. The summed E-state index contributed by atoms with van der Waals surface area (Å²) in [7, 11) is 0. The molecule has 2 aliphatic heterocycles. The Labute approximate surface area is 164 Å². The number of carbonyl (C=O) groups excluding carboxylic acids is 2. The van der Waals surface area contributed by atoms with Gasteiger partial charge in [0, 0.05) is 49.9 Å². The van der Waals surface area contributed by atoms with E-state index in [-0.39, 0.29) is 11.3 Å². The highest BCUT2D eigenvalue weighted by atomic mass is 16.4. The van der Waals surface area contributed by atoms with Crippen LogP contribution in [0.3, 0.4) is 0 Å².